The number of nitrogens with one attached hydrogen (secondary N) is 1. The van der Waals surface area contributed by atoms with E-state index in [0.717, 1.165) is 24.5 Å². The normalized spacial score (nSPS) is 28.3. The molecule has 0 aromatic heterocycles. The van der Waals surface area contributed by atoms with Crippen LogP contribution in [0.3, 0.4) is 0 Å². The van der Waals surface area contributed by atoms with E-state index in [1.54, 1.807) is 0 Å². The van der Waals surface area contributed by atoms with Gasteiger partial charge in [-0.05, 0) is 81.8 Å². The number of fused-ring (bicyclic) bond motifs is 2. The molecule has 2 nitrogen and oxygen atoms in total. The largest absolute Gasteiger partial charge is 0.311 e. The van der Waals surface area contributed by atoms with Crippen LogP contribution in [0.1, 0.15) is 43.2 Å². The molecule has 0 saturated carbocycles. The minimum Gasteiger partial charge on any atom is -0.311 e. The number of halogens is 1. The Morgan fingerprint density at radius 1 is 1.24 bits per heavy atom. The van der Waals surface area contributed by atoms with E-state index >= 15 is 0 Å². The highest BCUT2D eigenvalue weighted by molar-refractivity contribution is 9.10. The van der Waals surface area contributed by atoms with E-state index in [1.807, 2.05) is 0 Å². The zero-order chi connectivity index (χ0) is 14.8. The van der Waals surface area contributed by atoms with E-state index in [-0.39, 0.29) is 0 Å². The van der Waals surface area contributed by atoms with Gasteiger partial charge in [-0.1, -0.05) is 22.0 Å². The predicted octanol–water partition coefficient (Wildman–Crippen LogP) is 4.11. The molecule has 2 atom stereocenters. The summed E-state index contributed by atoms with van der Waals surface area (Å²) in [5, 5.41) is 3.74. The Hall–Kier alpha value is -0.380. The molecule has 0 amide bonds. The van der Waals surface area contributed by atoms with Crippen LogP contribution in [-0.2, 0) is 6.54 Å². The highest BCUT2D eigenvalue weighted by atomic mass is 79.9. The molecule has 21 heavy (non-hydrogen) atoms. The first-order valence-electron chi connectivity index (χ1n) is 8.30. The summed E-state index contributed by atoms with van der Waals surface area (Å²) in [4.78, 5) is 2.49. The maximum absolute atomic E-state index is 3.74. The second-order valence-electron chi connectivity index (χ2n) is 7.07. The number of piperidine rings is 1. The van der Waals surface area contributed by atoms with Crippen molar-refractivity contribution in [2.24, 2.45) is 5.92 Å². The Balaban J connectivity index is 1.47. The number of nitrogens with zero attached hydrogens (tertiary/aromatic N) is 1. The van der Waals surface area contributed by atoms with Gasteiger partial charge in [0.1, 0.15) is 0 Å². The zero-order valence-corrected chi connectivity index (χ0v) is 14.8. The van der Waals surface area contributed by atoms with Crippen LogP contribution in [0.4, 0.5) is 0 Å². The summed E-state index contributed by atoms with van der Waals surface area (Å²) < 4.78 is 1.18. The summed E-state index contributed by atoms with van der Waals surface area (Å²) in [5.41, 5.74) is 2.84. The zero-order valence-electron chi connectivity index (χ0n) is 13.2. The Kier molecular flexibility index (Phi) is 5.03. The quantitative estimate of drug-likeness (QED) is 0.859. The average Bonchev–Trinajstić information content (AvgIpc) is 2.79. The highest BCUT2D eigenvalue weighted by Crippen LogP contribution is 2.32. The SMILES string of the molecule is Cc1cc(Br)ccc1CN(C)CCC1CC2CCC(C1)N2. The molecule has 0 aliphatic carbocycles. The van der Waals surface area contributed by atoms with Crippen LogP contribution in [0, 0.1) is 12.8 Å². The summed E-state index contributed by atoms with van der Waals surface area (Å²) in [7, 11) is 2.26. The summed E-state index contributed by atoms with van der Waals surface area (Å²) in [6, 6.07) is 8.27. The van der Waals surface area contributed by atoms with Crippen molar-refractivity contribution >= 4 is 15.9 Å². The van der Waals surface area contributed by atoms with E-state index in [2.05, 4.69) is 58.3 Å². The summed E-state index contributed by atoms with van der Waals surface area (Å²) in [5.74, 6) is 0.942. The van der Waals surface area contributed by atoms with Crippen LogP contribution in [0.15, 0.2) is 22.7 Å². The van der Waals surface area contributed by atoms with Gasteiger partial charge in [0.15, 0.2) is 0 Å². The van der Waals surface area contributed by atoms with Gasteiger partial charge in [0, 0.05) is 23.1 Å². The fourth-order valence-electron chi connectivity index (χ4n) is 4.02. The Morgan fingerprint density at radius 3 is 2.62 bits per heavy atom. The number of aryl methyl sites for hydroxylation is 1. The highest BCUT2D eigenvalue weighted by Gasteiger charge is 2.33. The summed E-state index contributed by atoms with van der Waals surface area (Å²) in [6.07, 6.45) is 6.99. The first-order chi connectivity index (χ1) is 10.1. The molecule has 2 heterocycles. The molecule has 2 unspecified atom stereocenters. The van der Waals surface area contributed by atoms with Crippen LogP contribution < -0.4 is 5.32 Å². The van der Waals surface area contributed by atoms with Crippen molar-refractivity contribution in [3.05, 3.63) is 33.8 Å². The molecule has 1 aromatic rings. The number of benzene rings is 1. The number of hydrogen-bond donors (Lipinski definition) is 1. The second-order valence-corrected chi connectivity index (χ2v) is 7.99. The molecule has 2 aliphatic rings. The smallest absolute Gasteiger partial charge is 0.0233 e. The van der Waals surface area contributed by atoms with E-state index < -0.39 is 0 Å². The van der Waals surface area contributed by atoms with Crippen molar-refractivity contribution < 1.29 is 0 Å². The lowest BCUT2D eigenvalue weighted by Crippen LogP contribution is -2.38. The topological polar surface area (TPSA) is 15.3 Å². The minimum absolute atomic E-state index is 0.827. The first kappa shape index (κ1) is 15.5. The third-order valence-corrected chi connectivity index (χ3v) is 5.73. The standard InChI is InChI=1S/C18H27BrN2/c1-13-9-16(19)4-3-15(13)12-21(2)8-7-14-10-17-5-6-18(11-14)20-17/h3-4,9,14,17-18,20H,5-8,10-12H2,1-2H3. The van der Waals surface area contributed by atoms with E-state index in [9.17, 15) is 0 Å². The van der Waals surface area contributed by atoms with Crippen LogP contribution >= 0.6 is 15.9 Å². The van der Waals surface area contributed by atoms with E-state index in [4.69, 9.17) is 0 Å². The molecule has 116 valence electrons. The molecule has 1 N–H and O–H groups in total. The predicted molar refractivity (Wildman–Crippen MR) is 92.5 cm³/mol. The van der Waals surface area contributed by atoms with E-state index in [1.165, 1.54) is 54.2 Å². The monoisotopic (exact) mass is 350 g/mol. The van der Waals surface area contributed by atoms with Gasteiger partial charge in [0.05, 0.1) is 0 Å². The van der Waals surface area contributed by atoms with Gasteiger partial charge in [-0.2, -0.15) is 0 Å². The molecule has 3 heteroatoms. The van der Waals surface area contributed by atoms with Crippen molar-refractivity contribution in [2.45, 2.75) is 57.7 Å². The third kappa shape index (κ3) is 4.08. The lowest BCUT2D eigenvalue weighted by Gasteiger charge is -2.30. The molecule has 2 aliphatic heterocycles. The first-order valence-corrected chi connectivity index (χ1v) is 9.09. The van der Waals surface area contributed by atoms with Crippen molar-refractivity contribution in [3.63, 3.8) is 0 Å². The number of hydrogen-bond acceptors (Lipinski definition) is 2. The second kappa shape index (κ2) is 6.80. The Morgan fingerprint density at radius 2 is 1.95 bits per heavy atom. The van der Waals surface area contributed by atoms with Gasteiger partial charge in [-0.15, -0.1) is 0 Å². The molecule has 1 aromatic carbocycles. The van der Waals surface area contributed by atoms with Crippen LogP contribution in [0.25, 0.3) is 0 Å². The van der Waals surface area contributed by atoms with Gasteiger partial charge in [0.25, 0.3) is 0 Å². The molecule has 2 bridgehead atoms. The van der Waals surface area contributed by atoms with Gasteiger partial charge >= 0.3 is 0 Å². The molecular formula is C18H27BrN2. The lowest BCUT2D eigenvalue weighted by molar-refractivity contribution is 0.238. The lowest BCUT2D eigenvalue weighted by atomic mass is 9.89. The van der Waals surface area contributed by atoms with Gasteiger partial charge in [-0.25, -0.2) is 0 Å². The maximum atomic E-state index is 3.74. The third-order valence-electron chi connectivity index (χ3n) is 5.23. The molecule has 2 saturated heterocycles. The van der Waals surface area contributed by atoms with Gasteiger partial charge in [-0.3, -0.25) is 0 Å². The van der Waals surface area contributed by atoms with Crippen LogP contribution in [-0.4, -0.2) is 30.6 Å². The van der Waals surface area contributed by atoms with Crippen LogP contribution in [0.2, 0.25) is 0 Å². The van der Waals surface area contributed by atoms with Crippen LogP contribution in [0.5, 0.6) is 0 Å². The average molecular weight is 351 g/mol. The van der Waals surface area contributed by atoms with Gasteiger partial charge in [0.2, 0.25) is 0 Å². The van der Waals surface area contributed by atoms with Crippen molar-refractivity contribution in [3.8, 4) is 0 Å². The summed E-state index contributed by atoms with van der Waals surface area (Å²) >= 11 is 3.54. The Labute approximate surface area is 137 Å². The van der Waals surface area contributed by atoms with Crippen molar-refractivity contribution in [1.29, 1.82) is 0 Å². The fraction of sp³-hybridized carbons (Fsp3) is 0.667. The molecular weight excluding hydrogens is 324 g/mol. The van der Waals surface area contributed by atoms with Crippen molar-refractivity contribution in [2.75, 3.05) is 13.6 Å². The minimum atomic E-state index is 0.827. The molecule has 3 rings (SSSR count). The fourth-order valence-corrected chi connectivity index (χ4v) is 4.50. The molecule has 0 radical (unpaired) electrons. The maximum Gasteiger partial charge on any atom is 0.0233 e. The molecule has 2 fully saturated rings. The van der Waals surface area contributed by atoms with E-state index in [0.29, 0.717) is 0 Å². The number of rotatable bonds is 5. The summed E-state index contributed by atoms with van der Waals surface area (Å²) in [6.45, 7) is 4.50. The van der Waals surface area contributed by atoms with Crippen molar-refractivity contribution in [1.82, 2.24) is 10.2 Å². The molecule has 0 spiro atoms. The Bertz CT molecular complexity index is 476. The van der Waals surface area contributed by atoms with Gasteiger partial charge < -0.3 is 10.2 Å².